The van der Waals surface area contributed by atoms with E-state index in [0.29, 0.717) is 51.3 Å². The number of nitrogens with zero attached hydrogens (tertiary/aromatic N) is 6. The summed E-state index contributed by atoms with van der Waals surface area (Å²) < 4.78 is 57.4. The van der Waals surface area contributed by atoms with Gasteiger partial charge in [-0.15, -0.1) is 0 Å². The molecule has 0 aromatic heterocycles. The highest BCUT2D eigenvalue weighted by Crippen LogP contribution is 2.40. The van der Waals surface area contributed by atoms with Crippen LogP contribution < -0.4 is 4.90 Å². The van der Waals surface area contributed by atoms with Crippen LogP contribution in [0, 0.1) is 23.6 Å². The normalized spacial score (nSPS) is 43.1. The van der Waals surface area contributed by atoms with E-state index in [1.807, 2.05) is 32.8 Å². The number of cyclic esters (lactones) is 2. The molecule has 1 aromatic rings. The Morgan fingerprint density at radius 1 is 0.917 bits per heavy atom. The second kappa shape index (κ2) is 23.8. The van der Waals surface area contributed by atoms with Gasteiger partial charge in [-0.3, -0.25) is 14.7 Å². The van der Waals surface area contributed by atoms with Crippen LogP contribution in [0.2, 0.25) is 0 Å². The predicted molar refractivity (Wildman–Crippen MR) is 262 cm³/mol. The average Bonchev–Trinajstić information content (AvgIpc) is 3.94. The zero-order chi connectivity index (χ0) is 53.2. The third-order valence-electron chi connectivity index (χ3n) is 16.1. The number of amides is 1. The van der Waals surface area contributed by atoms with Crippen LogP contribution in [0.5, 0.6) is 0 Å². The number of carbonyl (C=O) groups is 2. The van der Waals surface area contributed by atoms with E-state index in [1.54, 1.807) is 53.5 Å². The molecule has 0 spiro atoms. The molecule has 5 heterocycles. The number of esters is 1. The fraction of sp³-hybridized carbons (Fsp3) is 0.843. The summed E-state index contributed by atoms with van der Waals surface area (Å²) in [6, 6.07) is 4.47. The summed E-state index contributed by atoms with van der Waals surface area (Å²) in [5.41, 5.74) is -4.02. The van der Waals surface area contributed by atoms with Gasteiger partial charge in [-0.05, 0) is 118 Å². The quantitative estimate of drug-likeness (QED) is 0.176. The Kier molecular flexibility index (Phi) is 19.2. The van der Waals surface area contributed by atoms with Gasteiger partial charge in [-0.25, -0.2) is 9.18 Å². The maximum Gasteiger partial charge on any atom is 0.414 e. The van der Waals surface area contributed by atoms with Crippen molar-refractivity contribution in [3.8, 4) is 0 Å². The lowest BCUT2D eigenvalue weighted by Gasteiger charge is -2.49. The van der Waals surface area contributed by atoms with E-state index in [4.69, 9.17) is 33.2 Å². The summed E-state index contributed by atoms with van der Waals surface area (Å²) >= 11 is 0. The number of benzene rings is 1. The van der Waals surface area contributed by atoms with Crippen LogP contribution in [0.3, 0.4) is 0 Å². The van der Waals surface area contributed by atoms with E-state index in [-0.39, 0.29) is 37.3 Å². The number of aliphatic hydroxyl groups is 5. The molecule has 5 aliphatic rings. The van der Waals surface area contributed by atoms with Crippen molar-refractivity contribution < 1.29 is 72.7 Å². The summed E-state index contributed by atoms with van der Waals surface area (Å²) in [5.74, 6) is -3.24. The molecule has 4 fully saturated rings. The Bertz CT molecular complexity index is 1970. The number of hydrogen-bond acceptors (Lipinski definition) is 19. The highest BCUT2D eigenvalue weighted by molar-refractivity contribution is 5.89. The lowest BCUT2D eigenvalue weighted by atomic mass is 9.77. The molecule has 0 radical (unpaired) electrons. The number of halogens is 1. The van der Waals surface area contributed by atoms with Crippen LogP contribution in [0.25, 0.3) is 0 Å². The van der Waals surface area contributed by atoms with Crippen LogP contribution in [-0.4, -0.2) is 209 Å². The third-order valence-corrected chi connectivity index (χ3v) is 16.1. The van der Waals surface area contributed by atoms with Crippen molar-refractivity contribution in [2.45, 2.75) is 204 Å². The average molecular weight is 1030 g/mol. The van der Waals surface area contributed by atoms with Crippen molar-refractivity contribution >= 4 is 17.7 Å². The summed E-state index contributed by atoms with van der Waals surface area (Å²) in [4.78, 5) is 32.6. The van der Waals surface area contributed by atoms with Crippen LogP contribution in [0.4, 0.5) is 14.9 Å². The zero-order valence-corrected chi connectivity index (χ0v) is 44.7. The van der Waals surface area contributed by atoms with E-state index < -0.39 is 120 Å². The molecule has 1 aromatic carbocycles. The van der Waals surface area contributed by atoms with Gasteiger partial charge in [0.05, 0.1) is 67.2 Å². The standard InChI is InChI=1S/C51H85FN6O14/c1-14-39-51(10,65)43(60)32(6)56(12)24-28(2)22-49(8,64)45(30(4)42(31(5)46(62)70-39)71-40-23-50(9,66-13)44(61)33(7)68-40)72-47-41(59)38(21-29(3)67-47)55(11)20-19-35-25-57(54-53-35)26-37-27-58(48(63)69-37)36-17-15-34(52)16-18-36/h15-18,28-33,35,37-45,47,59-61,64-65H,14,19-27H2,1-13H3/t28-,29-,30+,31-,32-,33+,35?,37+,38+,39-,40+,41-,42+,43-,44+,45-,47+,49-,50-,51-/m1/s1. The van der Waals surface area contributed by atoms with Crippen LogP contribution >= 0.6 is 0 Å². The van der Waals surface area contributed by atoms with Gasteiger partial charge in [0.2, 0.25) is 0 Å². The smallest absolute Gasteiger partial charge is 0.414 e. The van der Waals surface area contributed by atoms with E-state index in [9.17, 15) is 39.5 Å². The van der Waals surface area contributed by atoms with Crippen molar-refractivity contribution in [1.29, 1.82) is 0 Å². The van der Waals surface area contributed by atoms with Crippen LogP contribution in [0.1, 0.15) is 101 Å². The van der Waals surface area contributed by atoms with Crippen LogP contribution in [0.15, 0.2) is 34.6 Å². The maximum atomic E-state index is 14.5. The van der Waals surface area contributed by atoms with E-state index in [1.165, 1.54) is 43.2 Å². The molecule has 6 rings (SSSR count). The fourth-order valence-electron chi connectivity index (χ4n) is 11.6. The molecule has 4 saturated heterocycles. The molecular formula is C51H85FN6O14. The SMILES string of the molecule is CC[C@H]1OC(=O)[C@H](C)[C@@H](O[C@H]2C[C@@](C)(OC)[C@@H](O)[C@H](C)O2)[C@H](C)[C@@H](O[C@@H]2O[C@H](C)C[C@H](N(C)CCC3CN(C[C@H]4CN(c5ccc(F)cc5)C(=O)O4)N=N3)[C@H]2O)[C@](C)(O)C[C@@H](C)CN(C)[C@H](C)[C@@H](O)[C@]1(C)O. The monoisotopic (exact) mass is 1020 g/mol. The van der Waals surface area contributed by atoms with Gasteiger partial charge in [-0.2, -0.15) is 5.11 Å². The van der Waals surface area contributed by atoms with Crippen molar-refractivity contribution in [2.24, 2.45) is 28.1 Å². The Labute approximate surface area is 425 Å². The highest BCUT2D eigenvalue weighted by Gasteiger charge is 2.53. The van der Waals surface area contributed by atoms with Gasteiger partial charge in [0.1, 0.15) is 41.9 Å². The molecule has 0 bridgehead atoms. The minimum atomic E-state index is -1.85. The number of carbonyl (C=O) groups excluding carboxylic acids is 2. The number of ether oxygens (including phenoxy) is 7. The number of rotatable bonds is 13. The Morgan fingerprint density at radius 3 is 2.25 bits per heavy atom. The van der Waals surface area contributed by atoms with Gasteiger partial charge in [-0.1, -0.05) is 26.0 Å². The summed E-state index contributed by atoms with van der Waals surface area (Å²) in [5, 5.41) is 70.3. The topological polar surface area (TPSA) is 238 Å². The fourth-order valence-corrected chi connectivity index (χ4v) is 11.6. The number of likely N-dealkylation sites (N-methyl/N-ethyl adjacent to an activating group) is 2. The summed E-state index contributed by atoms with van der Waals surface area (Å²) in [7, 11) is 5.24. The first kappa shape index (κ1) is 58.1. The molecule has 5 N–H and O–H groups in total. The van der Waals surface area contributed by atoms with Gasteiger partial charge in [0.15, 0.2) is 12.6 Å². The molecule has 5 aliphatic heterocycles. The molecule has 0 aliphatic carbocycles. The Balaban J connectivity index is 1.21. The van der Waals surface area contributed by atoms with Gasteiger partial charge in [0.25, 0.3) is 0 Å². The van der Waals surface area contributed by atoms with Crippen molar-refractivity contribution in [1.82, 2.24) is 14.8 Å². The van der Waals surface area contributed by atoms with Gasteiger partial charge >= 0.3 is 12.1 Å². The number of anilines is 1. The lowest BCUT2D eigenvalue weighted by molar-refractivity contribution is -0.318. The molecular weight excluding hydrogens is 940 g/mol. The van der Waals surface area contributed by atoms with Crippen molar-refractivity contribution in [2.75, 3.05) is 58.8 Å². The predicted octanol–water partition coefficient (Wildman–Crippen LogP) is 3.88. The number of hydrogen-bond donors (Lipinski definition) is 5. The Morgan fingerprint density at radius 2 is 1.60 bits per heavy atom. The maximum absolute atomic E-state index is 14.5. The van der Waals surface area contributed by atoms with Crippen molar-refractivity contribution in [3.63, 3.8) is 0 Å². The molecule has 0 saturated carbocycles. The van der Waals surface area contributed by atoms with Gasteiger partial charge in [0, 0.05) is 50.3 Å². The van der Waals surface area contributed by atoms with Crippen LogP contribution in [-0.2, 0) is 38.0 Å². The second-order valence-electron chi connectivity index (χ2n) is 22.3. The molecule has 1 amide bonds. The van der Waals surface area contributed by atoms with Crippen molar-refractivity contribution in [3.05, 3.63) is 30.1 Å². The summed E-state index contributed by atoms with van der Waals surface area (Å²) in [6.07, 6.45) is -9.64. The Hall–Kier alpha value is -3.19. The largest absolute Gasteiger partial charge is 0.459 e. The molecule has 21 heteroatoms. The minimum Gasteiger partial charge on any atom is -0.459 e. The molecule has 20 nitrogen and oxygen atoms in total. The first-order valence-corrected chi connectivity index (χ1v) is 25.9. The lowest BCUT2D eigenvalue weighted by Crippen LogP contribution is -2.61. The van der Waals surface area contributed by atoms with E-state index in [0.717, 1.165) is 0 Å². The minimum absolute atomic E-state index is 0.0887. The summed E-state index contributed by atoms with van der Waals surface area (Å²) in [6.45, 7) is 19.5. The van der Waals surface area contributed by atoms with E-state index in [2.05, 4.69) is 15.2 Å². The third kappa shape index (κ3) is 13.2. The zero-order valence-electron chi connectivity index (χ0n) is 44.7. The highest BCUT2D eigenvalue weighted by atomic mass is 19.1. The molecule has 410 valence electrons. The molecule has 1 unspecified atom stereocenters. The number of methoxy groups -OCH3 is 1. The van der Waals surface area contributed by atoms with E-state index >= 15 is 0 Å². The van der Waals surface area contributed by atoms with Gasteiger partial charge < -0.3 is 68.5 Å². The first-order valence-electron chi connectivity index (χ1n) is 25.9. The molecule has 72 heavy (non-hydrogen) atoms. The number of aliphatic hydroxyl groups excluding tert-OH is 3. The second-order valence-corrected chi connectivity index (χ2v) is 22.3. The first-order chi connectivity index (χ1) is 33.7. The molecule has 20 atom stereocenters.